The van der Waals surface area contributed by atoms with Gasteiger partial charge in [0, 0.05) is 17.9 Å². The number of ketones is 1. The molecule has 0 aromatic heterocycles. The number of benzene rings is 2. The fourth-order valence-corrected chi connectivity index (χ4v) is 1.92. The molecule has 0 unspecified atom stereocenters. The first-order chi connectivity index (χ1) is 9.06. The van der Waals surface area contributed by atoms with E-state index in [0.717, 1.165) is 11.6 Å². The van der Waals surface area contributed by atoms with Gasteiger partial charge in [-0.3, -0.25) is 4.79 Å². The van der Waals surface area contributed by atoms with E-state index in [4.69, 9.17) is 11.6 Å². The van der Waals surface area contributed by atoms with E-state index in [0.29, 0.717) is 5.02 Å². The first-order valence-electron chi connectivity index (χ1n) is 5.75. The van der Waals surface area contributed by atoms with Gasteiger partial charge in [-0.15, -0.1) is 0 Å². The number of hydrogen-bond acceptors (Lipinski definition) is 1. The Morgan fingerprint density at radius 1 is 1.00 bits per heavy atom. The first-order valence-corrected chi connectivity index (χ1v) is 6.13. The van der Waals surface area contributed by atoms with Crippen molar-refractivity contribution in [2.75, 3.05) is 0 Å². The van der Waals surface area contributed by atoms with Crippen molar-refractivity contribution in [2.45, 2.75) is 12.8 Å². The zero-order valence-electron chi connectivity index (χ0n) is 10.00. The summed E-state index contributed by atoms with van der Waals surface area (Å²) in [5.41, 5.74) is 0.880. The molecule has 0 heterocycles. The highest BCUT2D eigenvalue weighted by atomic mass is 35.5. The maximum Gasteiger partial charge on any atom is 0.162 e. The minimum absolute atomic E-state index is 0.0824. The second-order valence-corrected chi connectivity index (χ2v) is 4.67. The van der Waals surface area contributed by atoms with E-state index in [1.54, 1.807) is 24.3 Å². The molecule has 0 aliphatic carbocycles. The van der Waals surface area contributed by atoms with Crippen LogP contribution in [0, 0.1) is 11.6 Å². The lowest BCUT2D eigenvalue weighted by molar-refractivity contribution is -0.117. The predicted octanol–water partition coefficient (Wildman–Crippen LogP) is 3.97. The van der Waals surface area contributed by atoms with Gasteiger partial charge in [-0.1, -0.05) is 35.9 Å². The summed E-state index contributed by atoms with van der Waals surface area (Å²) in [6, 6.07) is 10.7. The average Bonchev–Trinajstić information content (AvgIpc) is 2.38. The molecule has 0 fully saturated rings. The van der Waals surface area contributed by atoms with Crippen LogP contribution in [-0.4, -0.2) is 5.78 Å². The summed E-state index contributed by atoms with van der Waals surface area (Å²) in [5.74, 6) is -2.06. The zero-order valence-corrected chi connectivity index (χ0v) is 10.8. The Labute approximate surface area is 114 Å². The smallest absolute Gasteiger partial charge is 0.162 e. The molecule has 0 saturated carbocycles. The van der Waals surface area contributed by atoms with Gasteiger partial charge in [-0.25, -0.2) is 8.78 Å². The van der Waals surface area contributed by atoms with Crippen LogP contribution < -0.4 is 0 Å². The van der Waals surface area contributed by atoms with Crippen molar-refractivity contribution >= 4 is 17.4 Å². The molecule has 0 radical (unpaired) electrons. The van der Waals surface area contributed by atoms with Crippen molar-refractivity contribution in [3.63, 3.8) is 0 Å². The maximum atomic E-state index is 13.4. The van der Waals surface area contributed by atoms with Gasteiger partial charge in [0.05, 0.1) is 0 Å². The summed E-state index contributed by atoms with van der Waals surface area (Å²) >= 11 is 5.74. The summed E-state index contributed by atoms with van der Waals surface area (Å²) in [5, 5.41) is 0.590. The number of Topliss-reactive ketones (excluding diaryl/α,β-unsaturated/α-hetero) is 1. The highest BCUT2D eigenvalue weighted by molar-refractivity contribution is 6.30. The Morgan fingerprint density at radius 3 is 2.37 bits per heavy atom. The Bertz CT molecular complexity index is 594. The van der Waals surface area contributed by atoms with Crippen molar-refractivity contribution in [3.05, 3.63) is 70.2 Å². The summed E-state index contributed by atoms with van der Waals surface area (Å²) in [6.07, 6.45) is 0.0549. The quantitative estimate of drug-likeness (QED) is 0.828. The van der Waals surface area contributed by atoms with Crippen LogP contribution in [0.5, 0.6) is 0 Å². The number of carbonyl (C=O) groups excluding carboxylic acids is 1. The van der Waals surface area contributed by atoms with Gasteiger partial charge in [0.1, 0.15) is 5.78 Å². The number of halogens is 3. The van der Waals surface area contributed by atoms with Crippen LogP contribution in [-0.2, 0) is 17.6 Å². The van der Waals surface area contributed by atoms with Gasteiger partial charge in [0.2, 0.25) is 0 Å². The molecular formula is C15H11ClF2O. The standard InChI is InChI=1S/C15H11ClF2O/c16-12-6-4-10(5-7-12)8-13(19)9-11-2-1-3-14(17)15(11)18/h1-7H,8-9H2. The van der Waals surface area contributed by atoms with Gasteiger partial charge in [-0.05, 0) is 29.3 Å². The fraction of sp³-hybridized carbons (Fsp3) is 0.133. The van der Waals surface area contributed by atoms with E-state index in [2.05, 4.69) is 0 Å². The average molecular weight is 281 g/mol. The van der Waals surface area contributed by atoms with Gasteiger partial charge >= 0.3 is 0 Å². The number of carbonyl (C=O) groups is 1. The largest absolute Gasteiger partial charge is 0.299 e. The molecule has 0 spiro atoms. The van der Waals surface area contributed by atoms with Crippen LogP contribution in [0.25, 0.3) is 0 Å². The number of rotatable bonds is 4. The Morgan fingerprint density at radius 2 is 1.68 bits per heavy atom. The molecule has 0 bridgehead atoms. The zero-order chi connectivity index (χ0) is 13.8. The van der Waals surface area contributed by atoms with Crippen LogP contribution >= 0.6 is 11.6 Å². The van der Waals surface area contributed by atoms with E-state index < -0.39 is 11.6 Å². The molecule has 0 aliphatic heterocycles. The lowest BCUT2D eigenvalue weighted by Gasteiger charge is -2.04. The van der Waals surface area contributed by atoms with Crippen molar-refractivity contribution < 1.29 is 13.6 Å². The molecule has 0 N–H and O–H groups in total. The monoisotopic (exact) mass is 280 g/mol. The second kappa shape index (κ2) is 5.93. The van der Waals surface area contributed by atoms with Crippen molar-refractivity contribution in [3.8, 4) is 0 Å². The third kappa shape index (κ3) is 3.61. The highest BCUT2D eigenvalue weighted by Crippen LogP contribution is 2.14. The molecule has 4 heteroatoms. The minimum atomic E-state index is -0.952. The molecule has 0 amide bonds. The molecule has 2 rings (SSSR count). The molecule has 2 aromatic carbocycles. The Hall–Kier alpha value is -1.74. The normalized spacial score (nSPS) is 10.5. The Balaban J connectivity index is 2.05. The number of hydrogen-bond donors (Lipinski definition) is 0. The van der Waals surface area contributed by atoms with Crippen molar-refractivity contribution in [1.82, 2.24) is 0 Å². The molecule has 1 nitrogen and oxygen atoms in total. The summed E-state index contributed by atoms with van der Waals surface area (Å²) in [4.78, 5) is 11.8. The van der Waals surface area contributed by atoms with Crippen LogP contribution in [0.2, 0.25) is 5.02 Å². The van der Waals surface area contributed by atoms with E-state index in [1.165, 1.54) is 12.1 Å². The highest BCUT2D eigenvalue weighted by Gasteiger charge is 2.12. The summed E-state index contributed by atoms with van der Waals surface area (Å²) in [6.45, 7) is 0. The van der Waals surface area contributed by atoms with Gasteiger partial charge in [0.15, 0.2) is 11.6 Å². The third-order valence-corrected chi connectivity index (χ3v) is 2.99. The van der Waals surface area contributed by atoms with E-state index in [1.807, 2.05) is 0 Å². The molecule has 0 saturated heterocycles. The topological polar surface area (TPSA) is 17.1 Å². The van der Waals surface area contributed by atoms with Crippen LogP contribution in [0.1, 0.15) is 11.1 Å². The van der Waals surface area contributed by atoms with E-state index >= 15 is 0 Å². The molecular weight excluding hydrogens is 270 g/mol. The molecule has 0 atom stereocenters. The third-order valence-electron chi connectivity index (χ3n) is 2.73. The maximum absolute atomic E-state index is 13.4. The molecule has 19 heavy (non-hydrogen) atoms. The van der Waals surface area contributed by atoms with Crippen molar-refractivity contribution in [1.29, 1.82) is 0 Å². The SMILES string of the molecule is O=C(Cc1ccc(Cl)cc1)Cc1cccc(F)c1F. The summed E-state index contributed by atoms with van der Waals surface area (Å²) < 4.78 is 26.4. The first kappa shape index (κ1) is 13.7. The van der Waals surface area contributed by atoms with Crippen molar-refractivity contribution in [2.24, 2.45) is 0 Å². The van der Waals surface area contributed by atoms with Crippen LogP contribution in [0.15, 0.2) is 42.5 Å². The minimum Gasteiger partial charge on any atom is -0.299 e. The van der Waals surface area contributed by atoms with Crippen LogP contribution in [0.4, 0.5) is 8.78 Å². The van der Waals surface area contributed by atoms with Gasteiger partial charge in [-0.2, -0.15) is 0 Å². The van der Waals surface area contributed by atoms with Gasteiger partial charge < -0.3 is 0 Å². The Kier molecular flexibility index (Phi) is 4.27. The van der Waals surface area contributed by atoms with Crippen LogP contribution in [0.3, 0.4) is 0 Å². The summed E-state index contributed by atoms with van der Waals surface area (Å²) in [7, 11) is 0. The van der Waals surface area contributed by atoms with E-state index in [9.17, 15) is 13.6 Å². The van der Waals surface area contributed by atoms with E-state index in [-0.39, 0.29) is 24.2 Å². The lowest BCUT2D eigenvalue weighted by Crippen LogP contribution is -2.08. The lowest BCUT2D eigenvalue weighted by atomic mass is 10.0. The molecule has 2 aromatic rings. The fourth-order valence-electron chi connectivity index (χ4n) is 1.79. The second-order valence-electron chi connectivity index (χ2n) is 4.23. The molecule has 0 aliphatic rings. The predicted molar refractivity (Wildman–Crippen MR) is 70.2 cm³/mol. The molecule has 98 valence electrons. The van der Waals surface area contributed by atoms with Gasteiger partial charge in [0.25, 0.3) is 0 Å².